The molecule has 0 radical (unpaired) electrons. The Kier molecular flexibility index (Phi) is 5.76. The molecule has 6 nitrogen and oxygen atoms in total. The van der Waals surface area contributed by atoms with Gasteiger partial charge in [-0.3, -0.25) is 14.3 Å². The van der Waals surface area contributed by atoms with E-state index in [-0.39, 0.29) is 29.8 Å². The molecule has 0 spiro atoms. The zero-order chi connectivity index (χ0) is 17.8. The maximum Gasteiger partial charge on any atom is 0.245 e. The van der Waals surface area contributed by atoms with Gasteiger partial charge in [-0.15, -0.1) is 0 Å². The SMILES string of the molecule is CC(=O)N[C@H](C(=O)N1CCCC[C@H]1Cn1cc(C)cn1)C1CCCC1. The van der Waals surface area contributed by atoms with E-state index in [1.54, 1.807) is 0 Å². The quantitative estimate of drug-likeness (QED) is 0.889. The van der Waals surface area contributed by atoms with Gasteiger partial charge in [0.05, 0.1) is 18.8 Å². The highest BCUT2D eigenvalue weighted by molar-refractivity contribution is 5.87. The van der Waals surface area contributed by atoms with E-state index in [1.807, 2.05) is 28.9 Å². The molecular weight excluding hydrogens is 316 g/mol. The number of rotatable bonds is 5. The number of likely N-dealkylation sites (tertiary alicyclic amines) is 1. The van der Waals surface area contributed by atoms with Gasteiger partial charge in [-0.2, -0.15) is 5.10 Å². The average molecular weight is 346 g/mol. The summed E-state index contributed by atoms with van der Waals surface area (Å²) in [5, 5.41) is 7.34. The number of hydrogen-bond acceptors (Lipinski definition) is 3. The van der Waals surface area contributed by atoms with Crippen LogP contribution in [-0.2, 0) is 16.1 Å². The van der Waals surface area contributed by atoms with Gasteiger partial charge in [0, 0.05) is 19.7 Å². The monoisotopic (exact) mass is 346 g/mol. The van der Waals surface area contributed by atoms with Crippen molar-refractivity contribution in [3.63, 3.8) is 0 Å². The smallest absolute Gasteiger partial charge is 0.245 e. The molecular formula is C19H30N4O2. The minimum Gasteiger partial charge on any atom is -0.344 e. The molecule has 2 atom stereocenters. The van der Waals surface area contributed by atoms with Gasteiger partial charge >= 0.3 is 0 Å². The number of carbonyl (C=O) groups excluding carboxylic acids is 2. The fourth-order valence-corrected chi connectivity index (χ4v) is 4.33. The second kappa shape index (κ2) is 8.02. The number of aryl methyl sites for hydroxylation is 1. The Balaban J connectivity index is 1.74. The molecule has 2 heterocycles. The van der Waals surface area contributed by atoms with Gasteiger partial charge in [-0.25, -0.2) is 0 Å². The molecule has 0 unspecified atom stereocenters. The first kappa shape index (κ1) is 18.0. The maximum absolute atomic E-state index is 13.3. The number of nitrogens with zero attached hydrogens (tertiary/aromatic N) is 3. The topological polar surface area (TPSA) is 67.2 Å². The van der Waals surface area contributed by atoms with Gasteiger partial charge in [-0.05, 0) is 50.5 Å². The first-order valence-electron chi connectivity index (χ1n) is 9.61. The van der Waals surface area contributed by atoms with Crippen molar-refractivity contribution in [2.24, 2.45) is 5.92 Å². The molecule has 1 aliphatic heterocycles. The first-order chi connectivity index (χ1) is 12.0. The lowest BCUT2D eigenvalue weighted by molar-refractivity contribution is -0.141. The summed E-state index contributed by atoms with van der Waals surface area (Å²) < 4.78 is 1.94. The Morgan fingerprint density at radius 1 is 1.24 bits per heavy atom. The van der Waals surface area contributed by atoms with Crippen molar-refractivity contribution < 1.29 is 9.59 Å². The molecule has 138 valence electrons. The van der Waals surface area contributed by atoms with Crippen molar-refractivity contribution in [1.82, 2.24) is 20.0 Å². The van der Waals surface area contributed by atoms with E-state index in [9.17, 15) is 9.59 Å². The lowest BCUT2D eigenvalue weighted by atomic mass is 9.94. The van der Waals surface area contributed by atoms with Gasteiger partial charge < -0.3 is 10.2 Å². The molecule has 1 aromatic rings. The summed E-state index contributed by atoms with van der Waals surface area (Å²) in [6.07, 6.45) is 11.4. The standard InChI is InChI=1S/C19H30N4O2/c1-14-11-20-22(12-14)13-17-9-5-6-10-23(17)19(25)18(21-15(2)24)16-7-3-4-8-16/h11-12,16-18H,3-10,13H2,1-2H3,(H,21,24)/t17-,18-/m0/s1. The van der Waals surface area contributed by atoms with E-state index >= 15 is 0 Å². The Hall–Kier alpha value is -1.85. The number of nitrogens with one attached hydrogen (secondary N) is 1. The highest BCUT2D eigenvalue weighted by Crippen LogP contribution is 2.30. The van der Waals surface area contributed by atoms with Crippen molar-refractivity contribution in [3.8, 4) is 0 Å². The van der Waals surface area contributed by atoms with Crippen LogP contribution in [0.4, 0.5) is 0 Å². The van der Waals surface area contributed by atoms with Crippen LogP contribution in [0.1, 0.15) is 57.4 Å². The van der Waals surface area contributed by atoms with Gasteiger partial charge in [0.25, 0.3) is 0 Å². The molecule has 1 N–H and O–H groups in total. The van der Waals surface area contributed by atoms with E-state index in [2.05, 4.69) is 10.4 Å². The van der Waals surface area contributed by atoms with Crippen molar-refractivity contribution in [1.29, 1.82) is 0 Å². The van der Waals surface area contributed by atoms with Crippen LogP contribution < -0.4 is 5.32 Å². The summed E-state index contributed by atoms with van der Waals surface area (Å²) in [6, 6.07) is -0.196. The predicted molar refractivity (Wildman–Crippen MR) is 95.9 cm³/mol. The van der Waals surface area contributed by atoms with Crippen LogP contribution in [0.5, 0.6) is 0 Å². The van der Waals surface area contributed by atoms with Crippen molar-refractivity contribution >= 4 is 11.8 Å². The molecule has 0 bridgehead atoms. The summed E-state index contributed by atoms with van der Waals surface area (Å²) in [5.74, 6) is 0.281. The number of piperidine rings is 1. The zero-order valence-electron chi connectivity index (χ0n) is 15.4. The molecule has 1 aromatic heterocycles. The molecule has 25 heavy (non-hydrogen) atoms. The molecule has 1 saturated heterocycles. The lowest BCUT2D eigenvalue weighted by Gasteiger charge is -2.39. The van der Waals surface area contributed by atoms with Crippen LogP contribution >= 0.6 is 0 Å². The largest absolute Gasteiger partial charge is 0.344 e. The predicted octanol–water partition coefficient (Wildman–Crippen LogP) is 2.27. The molecule has 1 aliphatic carbocycles. The Morgan fingerprint density at radius 3 is 2.60 bits per heavy atom. The number of amides is 2. The first-order valence-corrected chi connectivity index (χ1v) is 9.61. The number of aromatic nitrogens is 2. The Morgan fingerprint density at radius 2 is 1.96 bits per heavy atom. The van der Waals surface area contributed by atoms with Gasteiger partial charge in [0.1, 0.15) is 6.04 Å². The summed E-state index contributed by atoms with van der Waals surface area (Å²) in [4.78, 5) is 27.0. The van der Waals surface area contributed by atoms with Crippen LogP contribution in [0.25, 0.3) is 0 Å². The minimum atomic E-state index is -0.361. The Labute approximate surface area is 149 Å². The number of hydrogen-bond donors (Lipinski definition) is 1. The fourth-order valence-electron chi connectivity index (χ4n) is 4.33. The highest BCUT2D eigenvalue weighted by atomic mass is 16.2. The van der Waals surface area contributed by atoms with Crippen LogP contribution in [0.3, 0.4) is 0 Å². The highest BCUT2D eigenvalue weighted by Gasteiger charge is 2.37. The summed E-state index contributed by atoms with van der Waals surface area (Å²) >= 11 is 0. The van der Waals surface area contributed by atoms with Gasteiger partial charge in [0.15, 0.2) is 0 Å². The third kappa shape index (κ3) is 4.41. The average Bonchev–Trinajstić information content (AvgIpc) is 3.24. The van der Waals surface area contributed by atoms with E-state index in [1.165, 1.54) is 6.92 Å². The normalized spacial score (nSPS) is 22.8. The second-order valence-corrected chi connectivity index (χ2v) is 7.64. The van der Waals surface area contributed by atoms with E-state index in [4.69, 9.17) is 0 Å². The fraction of sp³-hybridized carbons (Fsp3) is 0.737. The van der Waals surface area contributed by atoms with E-state index < -0.39 is 0 Å². The van der Waals surface area contributed by atoms with Gasteiger partial charge in [0.2, 0.25) is 11.8 Å². The molecule has 2 aliphatic rings. The van der Waals surface area contributed by atoms with Crippen LogP contribution in [-0.4, -0.2) is 45.1 Å². The summed E-state index contributed by atoms with van der Waals surface area (Å²) in [5.41, 5.74) is 1.13. The second-order valence-electron chi connectivity index (χ2n) is 7.64. The van der Waals surface area contributed by atoms with E-state index in [0.717, 1.165) is 63.6 Å². The molecule has 1 saturated carbocycles. The summed E-state index contributed by atoms with van der Waals surface area (Å²) in [6.45, 7) is 5.05. The lowest BCUT2D eigenvalue weighted by Crippen LogP contribution is -2.56. The van der Waals surface area contributed by atoms with Crippen LogP contribution in [0.2, 0.25) is 0 Å². The molecule has 2 amide bonds. The van der Waals surface area contributed by atoms with Gasteiger partial charge in [-0.1, -0.05) is 12.8 Å². The molecule has 3 rings (SSSR count). The number of carbonyl (C=O) groups is 2. The zero-order valence-corrected chi connectivity index (χ0v) is 15.4. The maximum atomic E-state index is 13.3. The van der Waals surface area contributed by atoms with E-state index in [0.29, 0.717) is 0 Å². The summed E-state index contributed by atoms with van der Waals surface area (Å²) in [7, 11) is 0. The molecule has 0 aromatic carbocycles. The molecule has 2 fully saturated rings. The van der Waals surface area contributed by atoms with Crippen LogP contribution in [0, 0.1) is 12.8 Å². The minimum absolute atomic E-state index is 0.107. The Bertz CT molecular complexity index is 606. The van der Waals surface area contributed by atoms with Crippen molar-refractivity contribution in [2.75, 3.05) is 6.54 Å². The third-order valence-electron chi connectivity index (χ3n) is 5.57. The van der Waals surface area contributed by atoms with Crippen molar-refractivity contribution in [3.05, 3.63) is 18.0 Å². The van der Waals surface area contributed by atoms with Crippen molar-refractivity contribution in [2.45, 2.75) is 77.4 Å². The molecule has 6 heteroatoms. The van der Waals surface area contributed by atoms with Crippen LogP contribution in [0.15, 0.2) is 12.4 Å². The third-order valence-corrected chi connectivity index (χ3v) is 5.57.